The lowest BCUT2D eigenvalue weighted by molar-refractivity contribution is 0.168. The summed E-state index contributed by atoms with van der Waals surface area (Å²) in [6.45, 7) is 0. The van der Waals surface area contributed by atoms with E-state index in [0.29, 0.717) is 50.6 Å². The average Bonchev–Trinajstić information content (AvgIpc) is 2.70. The Morgan fingerprint density at radius 1 is 0.815 bits per heavy atom. The number of hydrogen-bond donors (Lipinski definition) is 1. The zero-order chi connectivity index (χ0) is 19.6. The number of aromatic nitrogens is 1. The zero-order valence-corrected chi connectivity index (χ0v) is 15.6. The third-order valence-electron chi connectivity index (χ3n) is 4.43. The van der Waals surface area contributed by atoms with Crippen LogP contribution < -0.4 is 24.5 Å². The lowest BCUT2D eigenvalue weighted by atomic mass is 10.0. The smallest absolute Gasteiger partial charge is 0.283 e. The van der Waals surface area contributed by atoms with Crippen LogP contribution in [0.2, 0.25) is 0 Å². The number of ether oxygens (including phenoxy) is 4. The van der Waals surface area contributed by atoms with Gasteiger partial charge in [-0.25, -0.2) is 0 Å². The molecule has 3 aromatic rings. The summed E-state index contributed by atoms with van der Waals surface area (Å²) < 4.78 is 21.9. The fourth-order valence-corrected chi connectivity index (χ4v) is 3.06. The van der Waals surface area contributed by atoms with Crippen LogP contribution in [0.5, 0.6) is 23.0 Å². The topological polar surface area (TPSA) is 79.2 Å². The lowest BCUT2D eigenvalue weighted by Gasteiger charge is -2.15. The summed E-state index contributed by atoms with van der Waals surface area (Å²) in [5.41, 5.74) is 0.757. The normalized spacial score (nSPS) is 10.7. The first-order valence-electron chi connectivity index (χ1n) is 8.23. The molecular weight excluding hydrogens is 350 g/mol. The summed E-state index contributed by atoms with van der Waals surface area (Å²) in [5.74, 6) is 2.20. The van der Waals surface area contributed by atoms with Gasteiger partial charge >= 0.3 is 0 Å². The van der Waals surface area contributed by atoms with Crippen LogP contribution >= 0.6 is 0 Å². The van der Waals surface area contributed by atoms with Crippen molar-refractivity contribution in [3.05, 3.63) is 58.0 Å². The van der Waals surface area contributed by atoms with E-state index < -0.39 is 5.56 Å². The molecule has 0 amide bonds. The van der Waals surface area contributed by atoms with E-state index in [0.717, 1.165) is 5.56 Å². The maximum atomic E-state index is 12.2. The molecule has 2 aromatic carbocycles. The third-order valence-corrected chi connectivity index (χ3v) is 4.43. The quantitative estimate of drug-likeness (QED) is 0.671. The molecule has 0 spiro atoms. The summed E-state index contributed by atoms with van der Waals surface area (Å²) in [5, 5.41) is 11.7. The van der Waals surface area contributed by atoms with E-state index in [9.17, 15) is 10.0 Å². The summed E-state index contributed by atoms with van der Waals surface area (Å²) in [4.78, 5) is 12.2. The molecule has 0 radical (unpaired) electrons. The van der Waals surface area contributed by atoms with Crippen LogP contribution in [0, 0.1) is 0 Å². The molecule has 0 unspecified atom stereocenters. The van der Waals surface area contributed by atoms with Crippen molar-refractivity contribution in [3.63, 3.8) is 0 Å². The first-order valence-corrected chi connectivity index (χ1v) is 8.23. The second-order valence-electron chi connectivity index (χ2n) is 5.90. The Labute approximate surface area is 156 Å². The second-order valence-corrected chi connectivity index (χ2v) is 5.90. The van der Waals surface area contributed by atoms with Gasteiger partial charge in [0.1, 0.15) is 0 Å². The van der Waals surface area contributed by atoms with Crippen LogP contribution in [0.4, 0.5) is 0 Å². The van der Waals surface area contributed by atoms with E-state index in [4.69, 9.17) is 18.9 Å². The first-order chi connectivity index (χ1) is 13.0. The Morgan fingerprint density at radius 2 is 1.41 bits per heavy atom. The predicted molar refractivity (Wildman–Crippen MR) is 101 cm³/mol. The average molecular weight is 371 g/mol. The van der Waals surface area contributed by atoms with Crippen molar-refractivity contribution in [1.29, 1.82) is 0 Å². The molecule has 0 bridgehead atoms. The van der Waals surface area contributed by atoms with Crippen molar-refractivity contribution in [2.75, 3.05) is 28.4 Å². The molecule has 27 heavy (non-hydrogen) atoms. The van der Waals surface area contributed by atoms with Gasteiger partial charge in [-0.2, -0.15) is 4.73 Å². The summed E-state index contributed by atoms with van der Waals surface area (Å²) >= 11 is 0. The van der Waals surface area contributed by atoms with Gasteiger partial charge in [-0.3, -0.25) is 4.79 Å². The SMILES string of the molecule is COc1ccc(Cc2c3cc(OC)c(OC)cc3cc(=O)n2O)cc1OC. The molecule has 0 aliphatic carbocycles. The Balaban J connectivity index is 2.18. The number of fused-ring (bicyclic) bond motifs is 1. The maximum absolute atomic E-state index is 12.2. The van der Waals surface area contributed by atoms with Crippen molar-refractivity contribution < 1.29 is 24.2 Å². The standard InChI is InChI=1S/C20H21NO6/c1-24-16-6-5-12(8-17(16)25-2)7-15-14-11-19(27-4)18(26-3)9-13(14)10-20(22)21(15)23/h5-6,8-11,23H,7H2,1-4H3. The first kappa shape index (κ1) is 18.4. The van der Waals surface area contributed by atoms with Crippen LogP contribution in [0.1, 0.15) is 11.3 Å². The fourth-order valence-electron chi connectivity index (χ4n) is 3.06. The van der Waals surface area contributed by atoms with Gasteiger partial charge < -0.3 is 24.2 Å². The molecule has 7 heteroatoms. The number of rotatable bonds is 6. The number of methoxy groups -OCH3 is 4. The van der Waals surface area contributed by atoms with Gasteiger partial charge in [0, 0.05) is 17.9 Å². The van der Waals surface area contributed by atoms with Crippen LogP contribution in [0.15, 0.2) is 41.2 Å². The summed E-state index contributed by atoms with van der Waals surface area (Å²) in [7, 11) is 6.18. The summed E-state index contributed by atoms with van der Waals surface area (Å²) in [6.07, 6.45) is 0.304. The Kier molecular flexibility index (Phi) is 5.12. The zero-order valence-electron chi connectivity index (χ0n) is 15.6. The molecule has 0 aliphatic heterocycles. The molecule has 1 aromatic heterocycles. The molecular formula is C20H21NO6. The van der Waals surface area contributed by atoms with E-state index in [1.165, 1.54) is 20.3 Å². The second kappa shape index (κ2) is 7.49. The lowest BCUT2D eigenvalue weighted by Crippen LogP contribution is -2.21. The van der Waals surface area contributed by atoms with Gasteiger partial charge in [0.15, 0.2) is 23.0 Å². The van der Waals surface area contributed by atoms with Gasteiger partial charge in [-0.15, -0.1) is 0 Å². The van der Waals surface area contributed by atoms with E-state index in [-0.39, 0.29) is 0 Å². The number of pyridine rings is 1. The molecule has 1 N–H and O–H groups in total. The monoisotopic (exact) mass is 371 g/mol. The maximum Gasteiger partial charge on any atom is 0.283 e. The predicted octanol–water partition coefficient (Wildman–Crippen LogP) is 2.86. The molecule has 0 atom stereocenters. The van der Waals surface area contributed by atoms with Gasteiger partial charge in [0.05, 0.1) is 34.1 Å². The van der Waals surface area contributed by atoms with E-state index >= 15 is 0 Å². The molecule has 0 saturated carbocycles. The van der Waals surface area contributed by atoms with Crippen LogP contribution in [0.25, 0.3) is 10.8 Å². The van der Waals surface area contributed by atoms with E-state index in [1.54, 1.807) is 32.4 Å². The highest BCUT2D eigenvalue weighted by atomic mass is 16.5. The minimum absolute atomic E-state index is 0.304. The molecule has 1 heterocycles. The number of hydrogen-bond acceptors (Lipinski definition) is 6. The molecule has 0 saturated heterocycles. The third kappa shape index (κ3) is 3.36. The highest BCUT2D eigenvalue weighted by Crippen LogP contribution is 2.34. The molecule has 142 valence electrons. The largest absolute Gasteiger partial charge is 0.493 e. The Bertz CT molecular complexity index is 1040. The molecule has 0 aliphatic rings. The molecule has 3 rings (SSSR count). The summed E-state index contributed by atoms with van der Waals surface area (Å²) in [6, 6.07) is 10.3. The number of nitrogens with zero attached hydrogens (tertiary/aromatic N) is 1. The highest BCUT2D eigenvalue weighted by Gasteiger charge is 2.15. The highest BCUT2D eigenvalue weighted by molar-refractivity contribution is 5.88. The van der Waals surface area contributed by atoms with Gasteiger partial charge in [-0.1, -0.05) is 6.07 Å². The van der Waals surface area contributed by atoms with Crippen LogP contribution in [-0.2, 0) is 6.42 Å². The Hall–Kier alpha value is -3.35. The van der Waals surface area contributed by atoms with Gasteiger partial charge in [0.25, 0.3) is 5.56 Å². The van der Waals surface area contributed by atoms with Crippen molar-refractivity contribution >= 4 is 10.8 Å². The van der Waals surface area contributed by atoms with E-state index in [2.05, 4.69) is 0 Å². The van der Waals surface area contributed by atoms with Crippen LogP contribution in [0.3, 0.4) is 0 Å². The molecule has 7 nitrogen and oxygen atoms in total. The van der Waals surface area contributed by atoms with Gasteiger partial charge in [-0.05, 0) is 35.2 Å². The van der Waals surface area contributed by atoms with Crippen molar-refractivity contribution in [3.8, 4) is 23.0 Å². The Morgan fingerprint density at radius 3 is 2.04 bits per heavy atom. The van der Waals surface area contributed by atoms with Gasteiger partial charge in [0.2, 0.25) is 0 Å². The number of benzene rings is 2. The minimum atomic E-state index is -0.523. The van der Waals surface area contributed by atoms with Crippen molar-refractivity contribution in [2.45, 2.75) is 6.42 Å². The van der Waals surface area contributed by atoms with E-state index in [1.807, 2.05) is 12.1 Å². The van der Waals surface area contributed by atoms with Crippen molar-refractivity contribution in [1.82, 2.24) is 4.73 Å². The minimum Gasteiger partial charge on any atom is -0.493 e. The van der Waals surface area contributed by atoms with Crippen molar-refractivity contribution in [2.24, 2.45) is 0 Å². The fraction of sp³-hybridized carbons (Fsp3) is 0.250. The van der Waals surface area contributed by atoms with Crippen LogP contribution in [-0.4, -0.2) is 38.4 Å². The molecule has 0 fully saturated rings.